The van der Waals surface area contributed by atoms with Crippen molar-refractivity contribution in [3.63, 3.8) is 0 Å². The molecule has 0 saturated carbocycles. The van der Waals surface area contributed by atoms with Gasteiger partial charge in [-0.05, 0) is 12.1 Å². The van der Waals surface area contributed by atoms with Crippen molar-refractivity contribution in [1.29, 1.82) is 0 Å². The van der Waals surface area contributed by atoms with E-state index in [4.69, 9.17) is 16.3 Å². The highest BCUT2D eigenvalue weighted by Gasteiger charge is 2.26. The van der Waals surface area contributed by atoms with Gasteiger partial charge in [0.2, 0.25) is 5.91 Å². The van der Waals surface area contributed by atoms with Gasteiger partial charge in [0.25, 0.3) is 0 Å². The van der Waals surface area contributed by atoms with Gasteiger partial charge < -0.3 is 15.4 Å². The van der Waals surface area contributed by atoms with Crippen LogP contribution in [0.15, 0.2) is 18.2 Å². The maximum absolute atomic E-state index is 12.0. The molecule has 1 heterocycles. The molecule has 1 aliphatic heterocycles. The predicted octanol–water partition coefficient (Wildman–Crippen LogP) is 1.06. The molecule has 2 rings (SSSR count). The zero-order valence-corrected chi connectivity index (χ0v) is 13.1. The largest absolute Gasteiger partial charge is 0.497 e. The van der Waals surface area contributed by atoms with Gasteiger partial charge in [0.1, 0.15) is 5.75 Å². The highest BCUT2D eigenvalue weighted by molar-refractivity contribution is 7.91. The number of halogens is 1. The fourth-order valence-electron chi connectivity index (χ4n) is 2.15. The van der Waals surface area contributed by atoms with Crippen LogP contribution in [0.25, 0.3) is 0 Å². The number of methoxy groups -OCH3 is 1. The number of amides is 1. The fraction of sp³-hybridized carbons (Fsp3) is 0.462. The van der Waals surface area contributed by atoms with Gasteiger partial charge in [0.15, 0.2) is 9.84 Å². The lowest BCUT2D eigenvalue weighted by Gasteiger charge is -2.23. The van der Waals surface area contributed by atoms with E-state index in [2.05, 4.69) is 10.6 Å². The fourth-order valence-corrected chi connectivity index (χ4v) is 3.76. The SMILES string of the molecule is COc1ccc(Cl)c(NC(=O)CC2CS(=O)(=O)CCN2)c1. The van der Waals surface area contributed by atoms with Crippen molar-refractivity contribution in [3.05, 3.63) is 23.2 Å². The van der Waals surface area contributed by atoms with Gasteiger partial charge in [-0.3, -0.25) is 4.79 Å². The molecule has 0 radical (unpaired) electrons. The van der Waals surface area contributed by atoms with Gasteiger partial charge in [0.05, 0.1) is 29.3 Å². The van der Waals surface area contributed by atoms with Crippen LogP contribution in [-0.4, -0.2) is 45.5 Å². The maximum Gasteiger partial charge on any atom is 0.226 e. The number of anilines is 1. The summed E-state index contributed by atoms with van der Waals surface area (Å²) in [6.07, 6.45) is 0.0762. The molecule has 21 heavy (non-hydrogen) atoms. The maximum atomic E-state index is 12.0. The van der Waals surface area contributed by atoms with Crippen molar-refractivity contribution in [2.24, 2.45) is 0 Å². The van der Waals surface area contributed by atoms with Crippen molar-refractivity contribution < 1.29 is 17.9 Å². The second kappa shape index (κ2) is 6.64. The van der Waals surface area contributed by atoms with Gasteiger partial charge in [-0.25, -0.2) is 8.42 Å². The van der Waals surface area contributed by atoms with Crippen LogP contribution in [0.1, 0.15) is 6.42 Å². The average molecular weight is 333 g/mol. The molecule has 1 fully saturated rings. The molecule has 0 aliphatic carbocycles. The smallest absolute Gasteiger partial charge is 0.226 e. The molecule has 0 bridgehead atoms. The molecular formula is C13H17ClN2O4S. The second-order valence-corrected chi connectivity index (χ2v) is 7.50. The second-order valence-electron chi connectivity index (χ2n) is 4.86. The third-order valence-corrected chi connectivity index (χ3v) is 5.25. The van der Waals surface area contributed by atoms with Crippen molar-refractivity contribution in [2.75, 3.05) is 30.5 Å². The van der Waals surface area contributed by atoms with Gasteiger partial charge in [-0.1, -0.05) is 11.6 Å². The van der Waals surface area contributed by atoms with E-state index >= 15 is 0 Å². The Morgan fingerprint density at radius 2 is 2.29 bits per heavy atom. The van der Waals surface area contributed by atoms with Crippen molar-refractivity contribution in [2.45, 2.75) is 12.5 Å². The number of nitrogens with one attached hydrogen (secondary N) is 2. The number of rotatable bonds is 4. The lowest BCUT2D eigenvalue weighted by atomic mass is 10.2. The Morgan fingerprint density at radius 3 is 2.95 bits per heavy atom. The van der Waals surface area contributed by atoms with E-state index in [-0.39, 0.29) is 29.9 Å². The van der Waals surface area contributed by atoms with E-state index in [0.29, 0.717) is 23.0 Å². The van der Waals surface area contributed by atoms with Gasteiger partial charge in [-0.15, -0.1) is 0 Å². The van der Waals surface area contributed by atoms with E-state index < -0.39 is 9.84 Å². The minimum absolute atomic E-state index is 0.0216. The number of carbonyl (C=O) groups excluding carboxylic acids is 1. The van der Waals surface area contributed by atoms with Crippen LogP contribution in [0, 0.1) is 0 Å². The summed E-state index contributed by atoms with van der Waals surface area (Å²) in [5, 5.41) is 6.10. The number of sulfone groups is 1. The number of hydrogen-bond donors (Lipinski definition) is 2. The number of carbonyl (C=O) groups is 1. The van der Waals surface area contributed by atoms with Gasteiger partial charge in [0, 0.05) is 25.1 Å². The normalized spacial score (nSPS) is 20.8. The van der Waals surface area contributed by atoms with E-state index in [1.807, 2.05) is 0 Å². The summed E-state index contributed by atoms with van der Waals surface area (Å²) >= 11 is 6.00. The van der Waals surface area contributed by atoms with Crippen LogP contribution in [0.5, 0.6) is 5.75 Å². The molecule has 6 nitrogen and oxygen atoms in total. The summed E-state index contributed by atoms with van der Waals surface area (Å²) in [4.78, 5) is 12.0. The summed E-state index contributed by atoms with van der Waals surface area (Å²) in [6.45, 7) is 0.375. The average Bonchev–Trinajstić information content (AvgIpc) is 2.40. The molecule has 8 heteroatoms. The van der Waals surface area contributed by atoms with Crippen LogP contribution in [0.4, 0.5) is 5.69 Å². The summed E-state index contributed by atoms with van der Waals surface area (Å²) in [7, 11) is -1.54. The molecule has 1 unspecified atom stereocenters. The molecule has 1 aliphatic rings. The Kier molecular flexibility index (Phi) is 5.08. The summed E-state index contributed by atoms with van der Waals surface area (Å²) in [6, 6.07) is 4.56. The molecular weight excluding hydrogens is 316 g/mol. The van der Waals surface area contributed by atoms with Gasteiger partial charge in [-0.2, -0.15) is 0 Å². The van der Waals surface area contributed by atoms with Crippen LogP contribution in [0.3, 0.4) is 0 Å². The first-order chi connectivity index (χ1) is 9.89. The highest BCUT2D eigenvalue weighted by Crippen LogP contribution is 2.26. The first-order valence-corrected chi connectivity index (χ1v) is 8.67. The zero-order chi connectivity index (χ0) is 15.5. The molecule has 0 aromatic heterocycles. The Balaban J connectivity index is 1.99. The minimum atomic E-state index is -3.06. The van der Waals surface area contributed by atoms with Crippen molar-refractivity contribution in [1.82, 2.24) is 5.32 Å². The number of benzene rings is 1. The Labute approximate surface area is 128 Å². The summed E-state index contributed by atoms with van der Waals surface area (Å²) < 4.78 is 28.1. The monoisotopic (exact) mass is 332 g/mol. The van der Waals surface area contributed by atoms with E-state index in [1.165, 1.54) is 7.11 Å². The molecule has 0 spiro atoms. The molecule has 1 atom stereocenters. The number of ether oxygens (including phenoxy) is 1. The zero-order valence-electron chi connectivity index (χ0n) is 11.6. The van der Waals surface area contributed by atoms with Crippen LogP contribution in [0.2, 0.25) is 5.02 Å². The first-order valence-electron chi connectivity index (χ1n) is 6.47. The number of hydrogen-bond acceptors (Lipinski definition) is 5. The molecule has 116 valence electrons. The third kappa shape index (κ3) is 4.59. The lowest BCUT2D eigenvalue weighted by Crippen LogP contribution is -2.46. The van der Waals surface area contributed by atoms with Crippen molar-refractivity contribution >= 4 is 33.0 Å². The quantitative estimate of drug-likeness (QED) is 0.861. The molecule has 1 saturated heterocycles. The minimum Gasteiger partial charge on any atom is -0.497 e. The molecule has 1 amide bonds. The molecule has 1 aromatic carbocycles. The van der Waals surface area contributed by atoms with E-state index in [9.17, 15) is 13.2 Å². The Hall–Kier alpha value is -1.31. The van der Waals surface area contributed by atoms with Crippen LogP contribution >= 0.6 is 11.6 Å². The third-order valence-electron chi connectivity index (χ3n) is 3.18. The van der Waals surface area contributed by atoms with Crippen LogP contribution < -0.4 is 15.4 Å². The first kappa shape index (κ1) is 16.1. The van der Waals surface area contributed by atoms with E-state index in [0.717, 1.165) is 0 Å². The molecule has 1 aromatic rings. The standard InChI is InChI=1S/C13H17ClN2O4S/c1-20-10-2-3-11(14)12(7-10)16-13(17)6-9-8-21(18,19)5-4-15-9/h2-3,7,9,15H,4-6,8H2,1H3,(H,16,17). The lowest BCUT2D eigenvalue weighted by molar-refractivity contribution is -0.116. The Bertz CT molecular complexity index is 633. The predicted molar refractivity (Wildman–Crippen MR) is 81.7 cm³/mol. The summed E-state index contributed by atoms with van der Waals surface area (Å²) in [5.41, 5.74) is 0.444. The highest BCUT2D eigenvalue weighted by atomic mass is 35.5. The Morgan fingerprint density at radius 1 is 1.52 bits per heavy atom. The van der Waals surface area contributed by atoms with E-state index in [1.54, 1.807) is 18.2 Å². The van der Waals surface area contributed by atoms with Gasteiger partial charge >= 0.3 is 0 Å². The van der Waals surface area contributed by atoms with Crippen LogP contribution in [-0.2, 0) is 14.6 Å². The van der Waals surface area contributed by atoms with Crippen molar-refractivity contribution in [3.8, 4) is 5.75 Å². The molecule has 2 N–H and O–H groups in total. The summed E-state index contributed by atoms with van der Waals surface area (Å²) in [5.74, 6) is 0.381. The topological polar surface area (TPSA) is 84.5 Å².